The van der Waals surface area contributed by atoms with E-state index in [0.29, 0.717) is 13.2 Å². The molecule has 0 amide bonds. The third-order valence-corrected chi connectivity index (χ3v) is 5.03. The van der Waals surface area contributed by atoms with Crippen molar-refractivity contribution in [2.24, 2.45) is 17.3 Å². The Hall–Kier alpha value is -1.16. The van der Waals surface area contributed by atoms with Crippen molar-refractivity contribution in [2.45, 2.75) is 31.7 Å². The molecule has 4 atom stereocenters. The molecule has 4 rings (SSSR count). The predicted octanol–water partition coefficient (Wildman–Crippen LogP) is 2.72. The van der Waals surface area contributed by atoms with Crippen LogP contribution in [0.15, 0.2) is 42.5 Å². The topological polar surface area (TPSA) is 38.7 Å². The monoisotopic (exact) mass is 286 g/mol. The summed E-state index contributed by atoms with van der Waals surface area (Å²) < 4.78 is 12.1. The van der Waals surface area contributed by atoms with Crippen molar-refractivity contribution in [3.05, 3.63) is 48.0 Å². The standard InChI is InChI=1S/C18H22O3/c1-17(2)10-20-18(21-11-17)14-9-8-13(16(19)15(14)18)12-6-4-3-5-7-12/h3-9,13-16,19H,10-11H2,1-2H3/t13-,14-,15-,16+/m0/s1. The molecule has 0 aromatic heterocycles. The van der Waals surface area contributed by atoms with E-state index < -0.39 is 11.9 Å². The van der Waals surface area contributed by atoms with Gasteiger partial charge in [-0.15, -0.1) is 0 Å². The zero-order chi connectivity index (χ0) is 14.7. The molecule has 1 saturated heterocycles. The first kappa shape index (κ1) is 13.5. The van der Waals surface area contributed by atoms with Gasteiger partial charge in [0, 0.05) is 17.3 Å². The molecule has 1 aliphatic heterocycles. The number of fused-ring (bicyclic) bond motifs is 3. The Morgan fingerprint density at radius 3 is 2.38 bits per heavy atom. The van der Waals surface area contributed by atoms with E-state index in [1.165, 1.54) is 0 Å². The maximum atomic E-state index is 10.8. The normalized spacial score (nSPS) is 39.0. The molecule has 3 aliphatic rings. The van der Waals surface area contributed by atoms with Crippen LogP contribution in [0.3, 0.4) is 0 Å². The molecule has 112 valence electrons. The van der Waals surface area contributed by atoms with Crippen LogP contribution < -0.4 is 0 Å². The highest BCUT2D eigenvalue weighted by Gasteiger charge is 2.72. The molecule has 1 saturated carbocycles. The van der Waals surface area contributed by atoms with Crippen molar-refractivity contribution in [1.29, 1.82) is 0 Å². The zero-order valence-corrected chi connectivity index (χ0v) is 12.5. The lowest BCUT2D eigenvalue weighted by Gasteiger charge is -2.36. The number of hydrogen-bond acceptors (Lipinski definition) is 3. The van der Waals surface area contributed by atoms with E-state index in [2.05, 4.69) is 38.1 Å². The molecular formula is C18H22O3. The van der Waals surface area contributed by atoms with Crippen LogP contribution >= 0.6 is 0 Å². The summed E-state index contributed by atoms with van der Waals surface area (Å²) in [7, 11) is 0. The van der Waals surface area contributed by atoms with Gasteiger partial charge < -0.3 is 14.6 Å². The molecule has 1 aromatic carbocycles. The number of aliphatic hydroxyl groups is 1. The summed E-state index contributed by atoms with van der Waals surface area (Å²) in [5, 5.41) is 10.8. The van der Waals surface area contributed by atoms with Crippen LogP contribution in [0.1, 0.15) is 25.3 Å². The predicted molar refractivity (Wildman–Crippen MR) is 79.7 cm³/mol. The number of aliphatic hydroxyl groups excluding tert-OH is 1. The molecule has 3 nitrogen and oxygen atoms in total. The zero-order valence-electron chi connectivity index (χ0n) is 12.5. The third-order valence-electron chi connectivity index (χ3n) is 5.03. The average Bonchev–Trinajstić information content (AvgIpc) is 3.13. The first-order chi connectivity index (χ1) is 10.0. The Morgan fingerprint density at radius 1 is 1.05 bits per heavy atom. The molecule has 0 unspecified atom stereocenters. The lowest BCUT2D eigenvalue weighted by molar-refractivity contribution is -0.258. The minimum absolute atomic E-state index is 0.0361. The minimum atomic E-state index is -0.574. The van der Waals surface area contributed by atoms with Crippen LogP contribution in [0, 0.1) is 17.3 Å². The van der Waals surface area contributed by atoms with Gasteiger partial charge in [-0.1, -0.05) is 56.3 Å². The fraction of sp³-hybridized carbons (Fsp3) is 0.556. The molecule has 1 heterocycles. The van der Waals surface area contributed by atoms with Crippen molar-refractivity contribution in [3.63, 3.8) is 0 Å². The molecule has 2 fully saturated rings. The summed E-state index contributed by atoms with van der Waals surface area (Å²) in [6, 6.07) is 10.2. The fourth-order valence-corrected chi connectivity index (χ4v) is 3.74. The molecule has 2 aliphatic carbocycles. The van der Waals surface area contributed by atoms with E-state index in [1.54, 1.807) is 0 Å². The molecule has 1 spiro atoms. The van der Waals surface area contributed by atoms with Gasteiger partial charge in [-0.3, -0.25) is 0 Å². The van der Waals surface area contributed by atoms with Gasteiger partial charge in [-0.25, -0.2) is 0 Å². The largest absolute Gasteiger partial charge is 0.392 e. The van der Waals surface area contributed by atoms with Gasteiger partial charge in [-0.2, -0.15) is 0 Å². The first-order valence-electron chi connectivity index (χ1n) is 7.73. The van der Waals surface area contributed by atoms with E-state index in [9.17, 15) is 5.11 Å². The molecular weight excluding hydrogens is 264 g/mol. The minimum Gasteiger partial charge on any atom is -0.392 e. The maximum Gasteiger partial charge on any atom is 0.181 e. The van der Waals surface area contributed by atoms with Crippen LogP contribution in [0.5, 0.6) is 0 Å². The van der Waals surface area contributed by atoms with Crippen LogP contribution in [-0.2, 0) is 9.47 Å². The Bertz CT molecular complexity index is 553. The maximum absolute atomic E-state index is 10.8. The molecule has 21 heavy (non-hydrogen) atoms. The summed E-state index contributed by atoms with van der Waals surface area (Å²) in [4.78, 5) is 0. The van der Waals surface area contributed by atoms with E-state index in [4.69, 9.17) is 9.47 Å². The summed E-state index contributed by atoms with van der Waals surface area (Å²) in [5.41, 5.74) is 1.21. The van der Waals surface area contributed by atoms with Crippen molar-refractivity contribution in [3.8, 4) is 0 Å². The summed E-state index contributed by atoms with van der Waals surface area (Å²) in [6.07, 6.45) is 3.85. The van der Waals surface area contributed by atoms with Crippen LogP contribution in [0.4, 0.5) is 0 Å². The summed E-state index contributed by atoms with van der Waals surface area (Å²) in [5.74, 6) is -0.282. The van der Waals surface area contributed by atoms with Crippen molar-refractivity contribution in [2.75, 3.05) is 13.2 Å². The SMILES string of the molecule is CC1(C)COC2(OC1)[C@@H]1[C@H](O)[C@H](c3ccccc3)C=C[C@@H]12. The van der Waals surface area contributed by atoms with Gasteiger partial charge >= 0.3 is 0 Å². The van der Waals surface area contributed by atoms with E-state index in [0.717, 1.165) is 5.56 Å². The number of hydrogen-bond donors (Lipinski definition) is 1. The first-order valence-corrected chi connectivity index (χ1v) is 7.73. The second kappa shape index (κ2) is 4.42. The van der Waals surface area contributed by atoms with Crippen molar-refractivity contribution < 1.29 is 14.6 Å². The number of ether oxygens (including phenoxy) is 2. The molecule has 0 bridgehead atoms. The van der Waals surface area contributed by atoms with Crippen LogP contribution in [0.2, 0.25) is 0 Å². The Balaban J connectivity index is 1.56. The summed E-state index contributed by atoms with van der Waals surface area (Å²) >= 11 is 0. The van der Waals surface area contributed by atoms with Gasteiger partial charge in [0.05, 0.1) is 25.2 Å². The molecule has 1 N–H and O–H groups in total. The smallest absolute Gasteiger partial charge is 0.181 e. The number of rotatable bonds is 1. The number of benzene rings is 1. The van der Waals surface area contributed by atoms with Gasteiger partial charge in [0.25, 0.3) is 0 Å². The van der Waals surface area contributed by atoms with Gasteiger partial charge in [0.1, 0.15) is 0 Å². The second-order valence-electron chi connectivity index (χ2n) is 7.33. The van der Waals surface area contributed by atoms with Crippen LogP contribution in [0.25, 0.3) is 0 Å². The van der Waals surface area contributed by atoms with Crippen molar-refractivity contribution in [1.82, 2.24) is 0 Å². The van der Waals surface area contributed by atoms with Crippen molar-refractivity contribution >= 4 is 0 Å². The second-order valence-corrected chi connectivity index (χ2v) is 7.33. The molecule has 1 aromatic rings. The van der Waals surface area contributed by atoms with E-state index in [1.807, 2.05) is 18.2 Å². The highest BCUT2D eigenvalue weighted by atomic mass is 16.7. The van der Waals surface area contributed by atoms with E-state index in [-0.39, 0.29) is 23.2 Å². The fourth-order valence-electron chi connectivity index (χ4n) is 3.74. The molecule has 3 heteroatoms. The lowest BCUT2D eigenvalue weighted by atomic mass is 9.86. The third kappa shape index (κ3) is 1.99. The van der Waals surface area contributed by atoms with E-state index >= 15 is 0 Å². The average molecular weight is 286 g/mol. The lowest BCUT2D eigenvalue weighted by Crippen LogP contribution is -2.42. The molecule has 0 radical (unpaired) electrons. The van der Waals surface area contributed by atoms with Gasteiger partial charge in [-0.05, 0) is 5.56 Å². The van der Waals surface area contributed by atoms with Gasteiger partial charge in [0.2, 0.25) is 0 Å². The Kier molecular flexibility index (Phi) is 2.84. The highest BCUT2D eigenvalue weighted by Crippen LogP contribution is 2.63. The highest BCUT2D eigenvalue weighted by molar-refractivity contribution is 5.34. The summed E-state index contributed by atoms with van der Waals surface area (Å²) in [6.45, 7) is 5.67. The van der Waals surface area contributed by atoms with Gasteiger partial charge in [0.15, 0.2) is 5.79 Å². The Labute approximate surface area is 125 Å². The quantitative estimate of drug-likeness (QED) is 0.807. The Morgan fingerprint density at radius 2 is 1.71 bits per heavy atom. The van der Waals surface area contributed by atoms with Crippen LogP contribution in [-0.4, -0.2) is 30.2 Å².